The molecule has 3 heteroatoms. The third-order valence-electron chi connectivity index (χ3n) is 3.99. The monoisotopic (exact) mass is 223 g/mol. The molecular formula is C13H21NO2. The lowest BCUT2D eigenvalue weighted by Crippen LogP contribution is -2.45. The maximum atomic E-state index is 11.3. The highest BCUT2D eigenvalue weighted by molar-refractivity contribution is 5.66. The fourth-order valence-corrected chi connectivity index (χ4v) is 3.58. The number of amides is 1. The van der Waals surface area contributed by atoms with E-state index >= 15 is 0 Å². The van der Waals surface area contributed by atoms with Gasteiger partial charge in [0.15, 0.2) is 0 Å². The first-order valence-corrected chi connectivity index (χ1v) is 5.97. The fourth-order valence-electron chi connectivity index (χ4n) is 3.58. The van der Waals surface area contributed by atoms with Crippen molar-refractivity contribution < 1.29 is 9.90 Å². The van der Waals surface area contributed by atoms with Crippen molar-refractivity contribution in [1.82, 2.24) is 4.90 Å². The molecule has 2 rings (SSSR count). The molecule has 1 aliphatic carbocycles. The Morgan fingerprint density at radius 2 is 2.06 bits per heavy atom. The van der Waals surface area contributed by atoms with Crippen LogP contribution in [0, 0.1) is 17.3 Å². The molecule has 0 bridgehead atoms. The Bertz CT molecular complexity index is 329. The Hall–Kier alpha value is -0.990. The smallest absolute Gasteiger partial charge is 0.407 e. The van der Waals surface area contributed by atoms with Gasteiger partial charge in [-0.05, 0) is 30.1 Å². The quantitative estimate of drug-likeness (QED) is 0.641. The number of nitrogens with zero attached hydrogens (tertiary/aromatic N) is 1. The molecule has 1 saturated carbocycles. The molecule has 0 aromatic rings. The van der Waals surface area contributed by atoms with Crippen molar-refractivity contribution in [3.8, 4) is 0 Å². The first-order chi connectivity index (χ1) is 7.30. The Morgan fingerprint density at radius 1 is 1.44 bits per heavy atom. The second-order valence-electron chi connectivity index (χ2n) is 6.33. The predicted molar refractivity (Wildman–Crippen MR) is 63.3 cm³/mol. The molecule has 2 aliphatic rings. The van der Waals surface area contributed by atoms with Crippen LogP contribution in [-0.4, -0.2) is 28.7 Å². The van der Waals surface area contributed by atoms with Gasteiger partial charge in [0.1, 0.15) is 0 Å². The van der Waals surface area contributed by atoms with Crippen LogP contribution >= 0.6 is 0 Å². The highest BCUT2D eigenvalue weighted by atomic mass is 16.4. The highest BCUT2D eigenvalue weighted by Gasteiger charge is 2.51. The zero-order valence-electron chi connectivity index (χ0n) is 10.4. The van der Waals surface area contributed by atoms with Crippen LogP contribution in [0.2, 0.25) is 0 Å². The van der Waals surface area contributed by atoms with Gasteiger partial charge in [-0.2, -0.15) is 0 Å². The summed E-state index contributed by atoms with van der Waals surface area (Å²) in [6.07, 6.45) is 1.26. The van der Waals surface area contributed by atoms with E-state index in [0.29, 0.717) is 18.4 Å². The van der Waals surface area contributed by atoms with Gasteiger partial charge in [0.2, 0.25) is 0 Å². The summed E-state index contributed by atoms with van der Waals surface area (Å²) in [4.78, 5) is 12.9. The maximum Gasteiger partial charge on any atom is 0.407 e. The molecule has 0 radical (unpaired) electrons. The topological polar surface area (TPSA) is 40.5 Å². The summed E-state index contributed by atoms with van der Waals surface area (Å²) in [6.45, 7) is 11.2. The largest absolute Gasteiger partial charge is 0.465 e. The van der Waals surface area contributed by atoms with E-state index < -0.39 is 6.09 Å². The average molecular weight is 223 g/mol. The molecule has 2 fully saturated rings. The predicted octanol–water partition coefficient (Wildman–Crippen LogP) is 2.98. The molecule has 3 atom stereocenters. The second-order valence-corrected chi connectivity index (χ2v) is 6.33. The van der Waals surface area contributed by atoms with E-state index in [0.717, 1.165) is 12.8 Å². The summed E-state index contributed by atoms with van der Waals surface area (Å²) < 4.78 is 0. The fraction of sp³-hybridized carbons (Fsp3) is 0.769. The summed E-state index contributed by atoms with van der Waals surface area (Å²) in [5.74, 6) is 0.997. The highest BCUT2D eigenvalue weighted by Crippen LogP contribution is 2.49. The number of likely N-dealkylation sites (tertiary alicyclic amines) is 1. The van der Waals surface area contributed by atoms with Crippen LogP contribution in [0.4, 0.5) is 4.79 Å². The van der Waals surface area contributed by atoms with Gasteiger partial charge in [0.05, 0.1) is 0 Å². The number of allylic oxidation sites excluding steroid dienone is 1. The third-order valence-corrected chi connectivity index (χ3v) is 3.99. The van der Waals surface area contributed by atoms with E-state index in [4.69, 9.17) is 0 Å². The van der Waals surface area contributed by atoms with Crippen LogP contribution in [0.15, 0.2) is 12.2 Å². The number of carbonyl (C=O) groups is 1. The first-order valence-electron chi connectivity index (χ1n) is 5.97. The van der Waals surface area contributed by atoms with Crippen LogP contribution in [0.25, 0.3) is 0 Å². The minimum Gasteiger partial charge on any atom is -0.465 e. The van der Waals surface area contributed by atoms with Gasteiger partial charge in [0.25, 0.3) is 0 Å². The summed E-state index contributed by atoms with van der Waals surface area (Å²) >= 11 is 0. The standard InChI is InChI=1S/C13H21NO2/c1-8-5-9-7-14(12(15)16)11(10(9)6-8)13(2,3)4/h9-11H,1,5-7H2,2-4H3,(H,15,16)/t9?,10-,11-/m0/s1. The van der Waals surface area contributed by atoms with E-state index in [1.54, 1.807) is 4.90 Å². The molecule has 1 amide bonds. The van der Waals surface area contributed by atoms with Crippen LogP contribution in [0.3, 0.4) is 0 Å². The molecule has 1 aliphatic heterocycles. The molecule has 1 N–H and O–H groups in total. The maximum absolute atomic E-state index is 11.3. The molecular weight excluding hydrogens is 202 g/mol. The summed E-state index contributed by atoms with van der Waals surface area (Å²) in [7, 11) is 0. The Balaban J connectivity index is 2.28. The van der Waals surface area contributed by atoms with Gasteiger partial charge in [-0.15, -0.1) is 0 Å². The minimum absolute atomic E-state index is 0.0163. The number of rotatable bonds is 0. The molecule has 0 aromatic heterocycles. The van der Waals surface area contributed by atoms with Gasteiger partial charge in [0, 0.05) is 12.6 Å². The van der Waals surface area contributed by atoms with Crippen molar-refractivity contribution in [3.05, 3.63) is 12.2 Å². The number of hydrogen-bond donors (Lipinski definition) is 1. The van der Waals surface area contributed by atoms with E-state index in [1.165, 1.54) is 5.57 Å². The molecule has 1 saturated heterocycles. The SMILES string of the molecule is C=C1CC2CN(C(=O)O)[C@H](C(C)(C)C)[C@H]2C1. The van der Waals surface area contributed by atoms with Crippen molar-refractivity contribution in [1.29, 1.82) is 0 Å². The number of fused-ring (bicyclic) bond motifs is 1. The molecule has 16 heavy (non-hydrogen) atoms. The van der Waals surface area contributed by atoms with Crippen molar-refractivity contribution in [2.24, 2.45) is 17.3 Å². The average Bonchev–Trinajstić information content (AvgIpc) is 2.56. The van der Waals surface area contributed by atoms with Crippen molar-refractivity contribution in [2.75, 3.05) is 6.54 Å². The number of hydrogen-bond acceptors (Lipinski definition) is 1. The molecule has 0 aromatic carbocycles. The zero-order valence-corrected chi connectivity index (χ0v) is 10.4. The van der Waals surface area contributed by atoms with Crippen LogP contribution in [0.1, 0.15) is 33.6 Å². The van der Waals surface area contributed by atoms with Crippen LogP contribution in [-0.2, 0) is 0 Å². The summed E-state index contributed by atoms with van der Waals surface area (Å²) in [6, 6.07) is 0.147. The Morgan fingerprint density at radius 3 is 2.56 bits per heavy atom. The lowest BCUT2D eigenvalue weighted by atomic mass is 9.77. The van der Waals surface area contributed by atoms with Gasteiger partial charge in [-0.3, -0.25) is 0 Å². The molecule has 1 heterocycles. The Labute approximate surface area is 97.1 Å². The van der Waals surface area contributed by atoms with Crippen molar-refractivity contribution >= 4 is 6.09 Å². The van der Waals surface area contributed by atoms with Gasteiger partial charge in [-0.25, -0.2) is 4.79 Å². The second kappa shape index (κ2) is 3.51. The van der Waals surface area contributed by atoms with Crippen LogP contribution < -0.4 is 0 Å². The number of carboxylic acid groups (broad SMARTS) is 1. The van der Waals surface area contributed by atoms with Crippen LogP contribution in [0.5, 0.6) is 0 Å². The molecule has 0 spiro atoms. The molecule has 3 nitrogen and oxygen atoms in total. The van der Waals surface area contributed by atoms with E-state index in [9.17, 15) is 9.90 Å². The van der Waals surface area contributed by atoms with Gasteiger partial charge >= 0.3 is 6.09 Å². The normalized spacial score (nSPS) is 34.3. The van der Waals surface area contributed by atoms with E-state index in [-0.39, 0.29) is 11.5 Å². The van der Waals surface area contributed by atoms with Crippen molar-refractivity contribution in [2.45, 2.75) is 39.7 Å². The summed E-state index contributed by atoms with van der Waals surface area (Å²) in [5.41, 5.74) is 1.32. The first kappa shape index (κ1) is 11.5. The van der Waals surface area contributed by atoms with E-state index in [2.05, 4.69) is 27.4 Å². The molecule has 1 unspecified atom stereocenters. The van der Waals surface area contributed by atoms with E-state index in [1.807, 2.05) is 0 Å². The van der Waals surface area contributed by atoms with Gasteiger partial charge < -0.3 is 10.0 Å². The lowest BCUT2D eigenvalue weighted by Gasteiger charge is -2.36. The lowest BCUT2D eigenvalue weighted by molar-refractivity contribution is 0.0914. The van der Waals surface area contributed by atoms with Gasteiger partial charge in [-0.1, -0.05) is 32.9 Å². The third kappa shape index (κ3) is 1.72. The molecule has 90 valence electrons. The minimum atomic E-state index is -0.764. The van der Waals surface area contributed by atoms with Crippen molar-refractivity contribution in [3.63, 3.8) is 0 Å². The Kier molecular flexibility index (Phi) is 2.52. The zero-order chi connectivity index (χ0) is 12.1. The summed E-state index contributed by atoms with van der Waals surface area (Å²) in [5, 5.41) is 9.27.